The van der Waals surface area contributed by atoms with Crippen LogP contribution in [0.4, 0.5) is 0 Å². The number of ether oxygens (including phenoxy) is 1. The van der Waals surface area contributed by atoms with Crippen molar-refractivity contribution in [3.63, 3.8) is 0 Å². The molecule has 1 heterocycles. The van der Waals surface area contributed by atoms with Crippen LogP contribution >= 0.6 is 11.8 Å². The molecule has 0 aromatic heterocycles. The molecule has 0 amide bonds. The smallest absolute Gasteiger partial charge is 0.134 e. The second-order valence-corrected chi connectivity index (χ2v) is 4.34. The molecule has 4 nitrogen and oxygen atoms in total. The lowest BCUT2D eigenvalue weighted by molar-refractivity contribution is -0.431. The van der Waals surface area contributed by atoms with E-state index in [0.717, 1.165) is 19.4 Å². The van der Waals surface area contributed by atoms with Gasteiger partial charge in [0.05, 0.1) is 11.7 Å². The second-order valence-electron chi connectivity index (χ2n) is 3.15. The Morgan fingerprint density at radius 2 is 2.46 bits per heavy atom. The average Bonchev–Trinajstić information content (AvgIpc) is 2.15. The van der Waals surface area contributed by atoms with E-state index in [-0.39, 0.29) is 5.44 Å². The minimum atomic E-state index is -1.08. The third-order valence-corrected chi connectivity index (χ3v) is 3.29. The van der Waals surface area contributed by atoms with Gasteiger partial charge in [0.15, 0.2) is 0 Å². The number of aliphatic carboxylic acids is 1. The number of hydrogen-bond donors (Lipinski definition) is 1. The number of hydrogen-bond acceptors (Lipinski definition) is 4. The fourth-order valence-corrected chi connectivity index (χ4v) is 2.24. The maximum absolute atomic E-state index is 10.3. The molecule has 1 rings (SSSR count). The molecule has 0 radical (unpaired) electrons. The topological polar surface area (TPSA) is 77.0 Å². The van der Waals surface area contributed by atoms with Crippen molar-refractivity contribution >= 4 is 17.7 Å². The Morgan fingerprint density at radius 3 is 3.00 bits per heavy atom. The number of carboxylic acid groups (broad SMARTS) is 1. The summed E-state index contributed by atoms with van der Waals surface area (Å²) in [6, 6.07) is -0.629. The van der Waals surface area contributed by atoms with Gasteiger partial charge in [0.2, 0.25) is 0 Å². The summed E-state index contributed by atoms with van der Waals surface area (Å²) >= 11 is 1.53. The normalized spacial score (nSPS) is 25.5. The van der Waals surface area contributed by atoms with Crippen LogP contribution in [0.15, 0.2) is 0 Å². The van der Waals surface area contributed by atoms with Crippen LogP contribution in [0.1, 0.15) is 19.3 Å². The van der Waals surface area contributed by atoms with Crippen molar-refractivity contribution in [1.82, 2.24) is 0 Å². The molecule has 5 heteroatoms. The number of thioether (sulfide) groups is 1. The first kappa shape index (κ1) is 10.8. The van der Waals surface area contributed by atoms with Crippen LogP contribution in [0.2, 0.25) is 0 Å². The van der Waals surface area contributed by atoms with Crippen molar-refractivity contribution in [3.8, 4) is 0 Å². The minimum absolute atomic E-state index is 0.164. The molecule has 0 aromatic rings. The van der Waals surface area contributed by atoms with E-state index in [1.54, 1.807) is 0 Å². The lowest BCUT2D eigenvalue weighted by atomic mass is 10.2. The summed E-state index contributed by atoms with van der Waals surface area (Å²) in [4.78, 5) is 10.3. The van der Waals surface area contributed by atoms with Crippen LogP contribution in [0.3, 0.4) is 0 Å². The van der Waals surface area contributed by atoms with E-state index in [1.807, 2.05) is 0 Å². The van der Waals surface area contributed by atoms with Crippen LogP contribution < -0.4 is 10.8 Å². The Bertz CT molecular complexity index is 171. The number of carbonyl (C=O) groups excluding carboxylic acids is 1. The summed E-state index contributed by atoms with van der Waals surface area (Å²) < 4.78 is 5.43. The summed E-state index contributed by atoms with van der Waals surface area (Å²) in [6.45, 7) is 0.796. The lowest BCUT2D eigenvalue weighted by Gasteiger charge is -2.22. The van der Waals surface area contributed by atoms with Gasteiger partial charge in [0.1, 0.15) is 11.5 Å². The van der Waals surface area contributed by atoms with Gasteiger partial charge in [-0.1, -0.05) is 0 Å². The summed E-state index contributed by atoms with van der Waals surface area (Å²) in [5, 5.41) is 10.3. The largest absolute Gasteiger partial charge is 0.544 e. The first-order valence-corrected chi connectivity index (χ1v) is 5.52. The van der Waals surface area contributed by atoms with Crippen LogP contribution in [0, 0.1) is 0 Å². The molecule has 1 saturated heterocycles. The first-order valence-electron chi connectivity index (χ1n) is 4.47. The molecular weight excluding hydrogens is 190 g/mol. The van der Waals surface area contributed by atoms with Crippen molar-refractivity contribution in [2.45, 2.75) is 30.7 Å². The number of rotatable bonds is 4. The van der Waals surface area contributed by atoms with Gasteiger partial charge >= 0.3 is 0 Å². The van der Waals surface area contributed by atoms with E-state index in [0.29, 0.717) is 5.75 Å². The van der Waals surface area contributed by atoms with Crippen molar-refractivity contribution in [2.24, 2.45) is 0 Å². The molecule has 13 heavy (non-hydrogen) atoms. The zero-order chi connectivity index (χ0) is 9.68. The van der Waals surface area contributed by atoms with Gasteiger partial charge < -0.3 is 20.4 Å². The highest BCUT2D eigenvalue weighted by Crippen LogP contribution is 2.23. The molecule has 0 aromatic carbocycles. The van der Waals surface area contributed by atoms with E-state index in [1.165, 1.54) is 18.2 Å². The summed E-state index contributed by atoms with van der Waals surface area (Å²) in [5.41, 5.74) is 3.65. The maximum atomic E-state index is 10.3. The Morgan fingerprint density at radius 1 is 1.69 bits per heavy atom. The second kappa shape index (κ2) is 5.47. The summed E-state index contributed by atoms with van der Waals surface area (Å²) in [5.74, 6) is -0.601. The maximum Gasteiger partial charge on any atom is 0.134 e. The minimum Gasteiger partial charge on any atom is -0.544 e. The molecular formula is C8H15NO3S. The number of carbonyl (C=O) groups is 1. The lowest BCUT2D eigenvalue weighted by Crippen LogP contribution is -2.69. The van der Waals surface area contributed by atoms with Gasteiger partial charge in [-0.05, 0) is 19.3 Å². The van der Waals surface area contributed by atoms with Crippen molar-refractivity contribution < 1.29 is 20.4 Å². The standard InChI is InChI=1S/C8H15NO3S/c9-6(8(10)11)5-13-7-3-1-2-4-12-7/h6-7H,1-5,9H2,(H,10,11)/t6-,7+/m0/s1. The molecule has 2 atom stereocenters. The van der Waals surface area contributed by atoms with Crippen molar-refractivity contribution in [3.05, 3.63) is 0 Å². The van der Waals surface area contributed by atoms with Gasteiger partial charge in [0.25, 0.3) is 0 Å². The summed E-state index contributed by atoms with van der Waals surface area (Å²) in [6.07, 6.45) is 3.31. The molecule has 0 saturated carbocycles. The molecule has 1 aliphatic heterocycles. The molecule has 0 unspecified atom stereocenters. The first-order chi connectivity index (χ1) is 6.20. The van der Waals surface area contributed by atoms with Gasteiger partial charge in [-0.2, -0.15) is 0 Å². The van der Waals surface area contributed by atoms with Gasteiger partial charge in [-0.25, -0.2) is 0 Å². The molecule has 1 fully saturated rings. The zero-order valence-electron chi connectivity index (χ0n) is 7.53. The highest BCUT2D eigenvalue weighted by molar-refractivity contribution is 7.99. The van der Waals surface area contributed by atoms with Crippen LogP contribution in [0.25, 0.3) is 0 Å². The van der Waals surface area contributed by atoms with E-state index in [9.17, 15) is 9.90 Å². The summed E-state index contributed by atoms with van der Waals surface area (Å²) in [7, 11) is 0. The average molecular weight is 205 g/mol. The van der Waals surface area contributed by atoms with Gasteiger partial charge in [0, 0.05) is 6.61 Å². The fourth-order valence-electron chi connectivity index (χ4n) is 1.13. The van der Waals surface area contributed by atoms with E-state index in [2.05, 4.69) is 5.73 Å². The van der Waals surface area contributed by atoms with Gasteiger partial charge in [-0.15, -0.1) is 11.8 Å². The molecule has 76 valence electrons. The van der Waals surface area contributed by atoms with E-state index < -0.39 is 12.0 Å². The molecule has 0 bridgehead atoms. The SMILES string of the molecule is [NH3+][C@@H](CS[C@@H]1CCCCO1)C(=O)[O-]. The predicted octanol–water partition coefficient (Wildman–Crippen LogP) is -1.39. The zero-order valence-corrected chi connectivity index (χ0v) is 8.35. The third-order valence-electron chi connectivity index (χ3n) is 1.95. The highest BCUT2D eigenvalue weighted by atomic mass is 32.2. The molecule has 3 N–H and O–H groups in total. The Labute approximate surface area is 81.8 Å². The highest BCUT2D eigenvalue weighted by Gasteiger charge is 2.16. The predicted molar refractivity (Wildman–Crippen MR) is 47.7 cm³/mol. The van der Waals surface area contributed by atoms with E-state index >= 15 is 0 Å². The van der Waals surface area contributed by atoms with Crippen molar-refractivity contribution in [2.75, 3.05) is 12.4 Å². The Balaban J connectivity index is 2.13. The van der Waals surface area contributed by atoms with Crippen LogP contribution in [-0.4, -0.2) is 29.8 Å². The van der Waals surface area contributed by atoms with Gasteiger partial charge in [-0.3, -0.25) is 0 Å². The molecule has 1 aliphatic rings. The Kier molecular flexibility index (Phi) is 4.55. The number of quaternary nitrogens is 1. The van der Waals surface area contributed by atoms with Crippen molar-refractivity contribution in [1.29, 1.82) is 0 Å². The molecule has 0 aliphatic carbocycles. The number of carboxylic acids is 1. The van der Waals surface area contributed by atoms with Crippen LogP contribution in [-0.2, 0) is 9.53 Å². The van der Waals surface area contributed by atoms with Crippen LogP contribution in [0.5, 0.6) is 0 Å². The molecule has 0 spiro atoms. The third kappa shape index (κ3) is 3.97. The fraction of sp³-hybridized carbons (Fsp3) is 0.875. The monoisotopic (exact) mass is 205 g/mol. The quantitative estimate of drug-likeness (QED) is 0.613. The van der Waals surface area contributed by atoms with E-state index in [4.69, 9.17) is 4.74 Å². The Hall–Kier alpha value is -0.260.